The minimum Gasteiger partial charge on any atom is -0.389 e. The molecule has 2 nitrogen and oxygen atoms in total. The highest BCUT2D eigenvalue weighted by Crippen LogP contribution is 2.17. The zero-order valence-electron chi connectivity index (χ0n) is 10.7. The first-order chi connectivity index (χ1) is 6.30. The molecule has 14 heavy (non-hydrogen) atoms. The molecule has 0 aromatic carbocycles. The van der Waals surface area contributed by atoms with Gasteiger partial charge in [0, 0.05) is 18.6 Å². The molecule has 0 aromatic heterocycles. The molecule has 2 heteroatoms. The smallest absolute Gasteiger partial charge is 0.0746 e. The summed E-state index contributed by atoms with van der Waals surface area (Å²) >= 11 is 0. The van der Waals surface area contributed by atoms with Gasteiger partial charge in [0.1, 0.15) is 0 Å². The van der Waals surface area contributed by atoms with Gasteiger partial charge in [-0.2, -0.15) is 0 Å². The van der Waals surface area contributed by atoms with Gasteiger partial charge in [-0.25, -0.2) is 0 Å². The minimum absolute atomic E-state index is 0.498. The molecule has 1 unspecified atom stereocenters. The number of nitrogens with zero attached hydrogens (tertiary/aromatic N) is 1. The molecule has 0 amide bonds. The molecule has 0 bridgehead atoms. The molecule has 0 heterocycles. The van der Waals surface area contributed by atoms with E-state index in [2.05, 4.69) is 39.5 Å². The first kappa shape index (κ1) is 13.9. The Labute approximate surface area is 89.3 Å². The molecule has 0 aliphatic carbocycles. The van der Waals surface area contributed by atoms with Crippen LogP contribution in [-0.2, 0) is 0 Å². The lowest BCUT2D eigenvalue weighted by molar-refractivity contribution is -0.00741. The van der Waals surface area contributed by atoms with Crippen LogP contribution < -0.4 is 0 Å². The van der Waals surface area contributed by atoms with E-state index in [0.717, 1.165) is 19.4 Å². The predicted octanol–water partition coefficient (Wildman–Crippen LogP) is 2.66. The maximum atomic E-state index is 10.1. The zero-order chi connectivity index (χ0) is 11.4. The SMILES string of the molecule is CCCC(C)(O)CN(C(C)C)C(C)C. The fourth-order valence-corrected chi connectivity index (χ4v) is 1.97. The molecule has 0 rings (SSSR count). The average molecular weight is 201 g/mol. The first-order valence-electron chi connectivity index (χ1n) is 5.78. The van der Waals surface area contributed by atoms with Gasteiger partial charge in [0.2, 0.25) is 0 Å². The first-order valence-corrected chi connectivity index (χ1v) is 5.78. The van der Waals surface area contributed by atoms with Crippen LogP contribution in [0.25, 0.3) is 0 Å². The van der Waals surface area contributed by atoms with E-state index in [1.165, 1.54) is 0 Å². The van der Waals surface area contributed by atoms with Crippen molar-refractivity contribution in [3.05, 3.63) is 0 Å². The van der Waals surface area contributed by atoms with Gasteiger partial charge in [-0.3, -0.25) is 4.90 Å². The zero-order valence-corrected chi connectivity index (χ0v) is 10.7. The van der Waals surface area contributed by atoms with Crippen LogP contribution in [0.3, 0.4) is 0 Å². The highest BCUT2D eigenvalue weighted by atomic mass is 16.3. The van der Waals surface area contributed by atoms with Gasteiger partial charge in [0.15, 0.2) is 0 Å². The molecule has 0 aliphatic rings. The second-order valence-electron chi connectivity index (χ2n) is 5.11. The average Bonchev–Trinajstić information content (AvgIpc) is 1.99. The summed E-state index contributed by atoms with van der Waals surface area (Å²) < 4.78 is 0. The molecule has 0 fully saturated rings. The molecule has 1 N–H and O–H groups in total. The Hall–Kier alpha value is -0.0800. The van der Waals surface area contributed by atoms with Gasteiger partial charge in [-0.1, -0.05) is 13.3 Å². The Morgan fingerprint density at radius 3 is 1.86 bits per heavy atom. The summed E-state index contributed by atoms with van der Waals surface area (Å²) in [6.45, 7) is 13.6. The van der Waals surface area contributed by atoms with Crippen LogP contribution in [0, 0.1) is 0 Å². The van der Waals surface area contributed by atoms with Crippen LogP contribution in [0.5, 0.6) is 0 Å². The number of rotatable bonds is 6. The van der Waals surface area contributed by atoms with E-state index in [1.807, 2.05) is 6.92 Å². The van der Waals surface area contributed by atoms with Crippen LogP contribution in [0.15, 0.2) is 0 Å². The van der Waals surface area contributed by atoms with Gasteiger partial charge in [-0.15, -0.1) is 0 Å². The van der Waals surface area contributed by atoms with E-state index < -0.39 is 5.60 Å². The highest BCUT2D eigenvalue weighted by molar-refractivity contribution is 4.80. The van der Waals surface area contributed by atoms with Crippen molar-refractivity contribution in [3.8, 4) is 0 Å². The normalized spacial score (nSPS) is 16.7. The Bertz CT molecular complexity index is 144. The lowest BCUT2D eigenvalue weighted by Gasteiger charge is -2.36. The maximum Gasteiger partial charge on any atom is 0.0746 e. The molecule has 0 saturated heterocycles. The van der Waals surface area contributed by atoms with Crippen molar-refractivity contribution in [2.45, 2.75) is 72.1 Å². The van der Waals surface area contributed by atoms with Crippen molar-refractivity contribution in [1.29, 1.82) is 0 Å². The van der Waals surface area contributed by atoms with Crippen LogP contribution >= 0.6 is 0 Å². The fraction of sp³-hybridized carbons (Fsp3) is 1.00. The summed E-state index contributed by atoms with van der Waals surface area (Å²) in [5.74, 6) is 0. The number of hydrogen-bond acceptors (Lipinski definition) is 2. The van der Waals surface area contributed by atoms with E-state index in [0.29, 0.717) is 12.1 Å². The van der Waals surface area contributed by atoms with Crippen molar-refractivity contribution in [1.82, 2.24) is 4.90 Å². The van der Waals surface area contributed by atoms with E-state index >= 15 is 0 Å². The van der Waals surface area contributed by atoms with E-state index in [4.69, 9.17) is 0 Å². The molecule has 0 spiro atoms. The predicted molar refractivity (Wildman–Crippen MR) is 62.5 cm³/mol. The lowest BCUT2D eigenvalue weighted by atomic mass is 9.98. The molecule has 0 saturated carbocycles. The molecule has 0 aromatic rings. The third-order valence-electron chi connectivity index (χ3n) is 2.64. The lowest BCUT2D eigenvalue weighted by Crippen LogP contribution is -2.47. The summed E-state index contributed by atoms with van der Waals surface area (Å²) in [5.41, 5.74) is -0.538. The minimum atomic E-state index is -0.538. The Balaban J connectivity index is 4.28. The summed E-state index contributed by atoms with van der Waals surface area (Å²) in [6.07, 6.45) is 1.92. The van der Waals surface area contributed by atoms with Gasteiger partial charge >= 0.3 is 0 Å². The van der Waals surface area contributed by atoms with Gasteiger partial charge in [0.05, 0.1) is 5.60 Å². The fourth-order valence-electron chi connectivity index (χ4n) is 1.97. The van der Waals surface area contributed by atoms with Crippen molar-refractivity contribution >= 4 is 0 Å². The standard InChI is InChI=1S/C12H27NO/c1-7-8-12(6,14)9-13(10(2)3)11(4)5/h10-11,14H,7-9H2,1-6H3. The summed E-state index contributed by atoms with van der Waals surface area (Å²) in [5, 5.41) is 10.1. The van der Waals surface area contributed by atoms with Gasteiger partial charge < -0.3 is 5.11 Å². The number of hydrogen-bond donors (Lipinski definition) is 1. The third-order valence-corrected chi connectivity index (χ3v) is 2.64. The monoisotopic (exact) mass is 201 g/mol. The Morgan fingerprint density at radius 2 is 1.57 bits per heavy atom. The van der Waals surface area contributed by atoms with Crippen molar-refractivity contribution in [2.75, 3.05) is 6.54 Å². The van der Waals surface area contributed by atoms with Crippen LogP contribution in [-0.4, -0.2) is 34.2 Å². The summed E-state index contributed by atoms with van der Waals surface area (Å²) in [7, 11) is 0. The summed E-state index contributed by atoms with van der Waals surface area (Å²) in [4.78, 5) is 2.34. The Morgan fingerprint density at radius 1 is 1.14 bits per heavy atom. The van der Waals surface area contributed by atoms with Crippen molar-refractivity contribution in [2.24, 2.45) is 0 Å². The van der Waals surface area contributed by atoms with Crippen molar-refractivity contribution < 1.29 is 5.11 Å². The second-order valence-corrected chi connectivity index (χ2v) is 5.11. The van der Waals surface area contributed by atoms with E-state index in [9.17, 15) is 5.11 Å². The van der Waals surface area contributed by atoms with Gasteiger partial charge in [-0.05, 0) is 41.0 Å². The van der Waals surface area contributed by atoms with E-state index in [1.54, 1.807) is 0 Å². The largest absolute Gasteiger partial charge is 0.389 e. The van der Waals surface area contributed by atoms with E-state index in [-0.39, 0.29) is 0 Å². The quantitative estimate of drug-likeness (QED) is 0.714. The van der Waals surface area contributed by atoms with Crippen molar-refractivity contribution in [3.63, 3.8) is 0 Å². The Kier molecular flexibility index (Phi) is 5.68. The second kappa shape index (κ2) is 5.72. The summed E-state index contributed by atoms with van der Waals surface area (Å²) in [6, 6.07) is 0.997. The van der Waals surface area contributed by atoms with Crippen LogP contribution in [0.2, 0.25) is 0 Å². The topological polar surface area (TPSA) is 23.5 Å². The molecular weight excluding hydrogens is 174 g/mol. The number of aliphatic hydroxyl groups is 1. The third kappa shape index (κ3) is 4.97. The highest BCUT2D eigenvalue weighted by Gasteiger charge is 2.25. The molecule has 1 atom stereocenters. The van der Waals surface area contributed by atoms with Crippen LogP contribution in [0.1, 0.15) is 54.4 Å². The molecule has 0 radical (unpaired) electrons. The molecule has 86 valence electrons. The molecule has 0 aliphatic heterocycles. The van der Waals surface area contributed by atoms with Gasteiger partial charge in [0.25, 0.3) is 0 Å². The maximum absolute atomic E-state index is 10.1. The molecular formula is C12H27NO. The van der Waals surface area contributed by atoms with Crippen LogP contribution in [0.4, 0.5) is 0 Å².